The van der Waals surface area contributed by atoms with Gasteiger partial charge in [0.2, 0.25) is 0 Å². The molecule has 3 N–H and O–H groups in total. The molecule has 7 heteroatoms. The molecule has 0 bridgehead atoms. The highest BCUT2D eigenvalue weighted by Crippen LogP contribution is 2.20. The number of carbonyl (C=O) groups is 1. The third-order valence-electron chi connectivity index (χ3n) is 2.61. The van der Waals surface area contributed by atoms with Crippen molar-refractivity contribution in [3.63, 3.8) is 0 Å². The molecule has 1 fully saturated rings. The first kappa shape index (κ1) is 17.1. The molecule has 0 aliphatic carbocycles. The zero-order valence-corrected chi connectivity index (χ0v) is 11.4. The quantitative estimate of drug-likeness (QED) is 0.882. The number of pyridine rings is 1. The molecule has 102 valence electrons. The second-order valence-corrected chi connectivity index (χ2v) is 3.78. The van der Waals surface area contributed by atoms with E-state index in [1.165, 1.54) is 0 Å². The highest BCUT2D eigenvalue weighted by atomic mass is 35.5. The summed E-state index contributed by atoms with van der Waals surface area (Å²) in [5.74, 6) is -0.109. The molecule has 1 aliphatic rings. The first-order valence-corrected chi connectivity index (χ1v) is 5.36. The Morgan fingerprint density at radius 3 is 2.61 bits per heavy atom. The number of ether oxygens (including phenoxy) is 1. The van der Waals surface area contributed by atoms with Gasteiger partial charge < -0.3 is 15.8 Å². The molecule has 1 aliphatic heterocycles. The summed E-state index contributed by atoms with van der Waals surface area (Å²) in [5, 5.41) is 2.78. The van der Waals surface area contributed by atoms with Crippen LogP contribution in [0.5, 0.6) is 0 Å². The standard InChI is InChI=1S/C11H15N3O2.2ClH/c12-7-9-1-2-10(16-9)11(15)14-8-3-5-13-6-4-8;;/h3-6,9-10H,1-2,7,12H2,(H,13,14,15);2*1H/t9-,10+;;/m1../s1. The van der Waals surface area contributed by atoms with E-state index in [0.29, 0.717) is 6.54 Å². The fourth-order valence-corrected chi connectivity index (χ4v) is 1.73. The molecule has 1 amide bonds. The second-order valence-electron chi connectivity index (χ2n) is 3.78. The van der Waals surface area contributed by atoms with Gasteiger partial charge in [-0.05, 0) is 25.0 Å². The van der Waals surface area contributed by atoms with Crippen molar-refractivity contribution in [2.24, 2.45) is 5.73 Å². The molecule has 2 atom stereocenters. The molecule has 0 radical (unpaired) electrons. The lowest BCUT2D eigenvalue weighted by atomic mass is 10.2. The van der Waals surface area contributed by atoms with Gasteiger partial charge in [-0.3, -0.25) is 9.78 Å². The van der Waals surface area contributed by atoms with E-state index < -0.39 is 0 Å². The predicted molar refractivity (Wildman–Crippen MR) is 74.3 cm³/mol. The molecule has 5 nitrogen and oxygen atoms in total. The van der Waals surface area contributed by atoms with Gasteiger partial charge >= 0.3 is 0 Å². The summed E-state index contributed by atoms with van der Waals surface area (Å²) in [6.07, 6.45) is 4.50. The maximum absolute atomic E-state index is 11.8. The summed E-state index contributed by atoms with van der Waals surface area (Å²) in [6, 6.07) is 3.49. The van der Waals surface area contributed by atoms with Gasteiger partial charge in [-0.1, -0.05) is 0 Å². The van der Waals surface area contributed by atoms with Crippen LogP contribution in [0.1, 0.15) is 12.8 Å². The van der Waals surface area contributed by atoms with E-state index in [4.69, 9.17) is 10.5 Å². The maximum Gasteiger partial charge on any atom is 0.253 e. The summed E-state index contributed by atoms with van der Waals surface area (Å²) in [6.45, 7) is 0.471. The Kier molecular flexibility index (Phi) is 7.86. The zero-order valence-electron chi connectivity index (χ0n) is 9.74. The first-order valence-electron chi connectivity index (χ1n) is 5.36. The van der Waals surface area contributed by atoms with Crippen LogP contribution in [0.4, 0.5) is 5.69 Å². The van der Waals surface area contributed by atoms with Crippen molar-refractivity contribution >= 4 is 36.4 Å². The van der Waals surface area contributed by atoms with E-state index in [1.807, 2.05) is 0 Å². The average Bonchev–Trinajstić information content (AvgIpc) is 2.79. The van der Waals surface area contributed by atoms with Gasteiger partial charge in [-0.25, -0.2) is 0 Å². The van der Waals surface area contributed by atoms with Crippen LogP contribution in [0.2, 0.25) is 0 Å². The van der Waals surface area contributed by atoms with Crippen molar-refractivity contribution in [2.45, 2.75) is 25.0 Å². The van der Waals surface area contributed by atoms with E-state index in [0.717, 1.165) is 18.5 Å². The van der Waals surface area contributed by atoms with Crippen LogP contribution in [-0.2, 0) is 9.53 Å². The third kappa shape index (κ3) is 4.42. The number of nitrogens with two attached hydrogens (primary N) is 1. The second kappa shape index (κ2) is 8.26. The smallest absolute Gasteiger partial charge is 0.253 e. The molecular weight excluding hydrogens is 277 g/mol. The van der Waals surface area contributed by atoms with Crippen LogP contribution in [0.25, 0.3) is 0 Å². The maximum atomic E-state index is 11.8. The highest BCUT2D eigenvalue weighted by molar-refractivity contribution is 5.94. The lowest BCUT2D eigenvalue weighted by molar-refractivity contribution is -0.126. The van der Waals surface area contributed by atoms with Crippen LogP contribution >= 0.6 is 24.8 Å². The third-order valence-corrected chi connectivity index (χ3v) is 2.61. The molecule has 1 saturated heterocycles. The fraction of sp³-hybridized carbons (Fsp3) is 0.455. The van der Waals surface area contributed by atoms with E-state index >= 15 is 0 Å². The van der Waals surface area contributed by atoms with Gasteiger partial charge in [0.05, 0.1) is 6.10 Å². The number of carbonyl (C=O) groups excluding carboxylic acids is 1. The zero-order chi connectivity index (χ0) is 11.4. The van der Waals surface area contributed by atoms with Gasteiger partial charge in [0, 0.05) is 24.6 Å². The number of nitrogens with zero attached hydrogens (tertiary/aromatic N) is 1. The molecule has 0 aromatic carbocycles. The Balaban J connectivity index is 0.00000144. The number of anilines is 1. The minimum Gasteiger partial charge on any atom is -0.364 e. The van der Waals surface area contributed by atoms with Crippen molar-refractivity contribution in [2.75, 3.05) is 11.9 Å². The van der Waals surface area contributed by atoms with E-state index in [9.17, 15) is 4.79 Å². The summed E-state index contributed by atoms with van der Waals surface area (Å²) in [5.41, 5.74) is 6.22. The number of nitrogens with one attached hydrogen (secondary N) is 1. The Morgan fingerprint density at radius 1 is 1.39 bits per heavy atom. The Hall–Kier alpha value is -0.880. The molecule has 0 unspecified atom stereocenters. The topological polar surface area (TPSA) is 77.2 Å². The van der Waals surface area contributed by atoms with Gasteiger partial charge in [0.1, 0.15) is 6.10 Å². The Labute approximate surface area is 118 Å². The number of aromatic nitrogens is 1. The Bertz CT molecular complexity index is 365. The number of rotatable bonds is 3. The van der Waals surface area contributed by atoms with Crippen molar-refractivity contribution in [3.05, 3.63) is 24.5 Å². The Morgan fingerprint density at radius 2 is 2.06 bits per heavy atom. The normalized spacial score (nSPS) is 21.6. The molecule has 0 spiro atoms. The summed E-state index contributed by atoms with van der Waals surface area (Å²) in [7, 11) is 0. The average molecular weight is 294 g/mol. The monoisotopic (exact) mass is 293 g/mol. The molecule has 2 rings (SSSR count). The molecule has 18 heavy (non-hydrogen) atoms. The van der Waals surface area contributed by atoms with E-state index in [1.54, 1.807) is 24.5 Å². The predicted octanol–water partition coefficient (Wildman–Crippen LogP) is 1.37. The van der Waals surface area contributed by atoms with Crippen molar-refractivity contribution in [3.8, 4) is 0 Å². The summed E-state index contributed by atoms with van der Waals surface area (Å²) < 4.78 is 5.49. The number of hydrogen-bond acceptors (Lipinski definition) is 4. The number of halogens is 2. The summed E-state index contributed by atoms with van der Waals surface area (Å²) in [4.78, 5) is 15.7. The van der Waals surface area contributed by atoms with Gasteiger partial charge in [-0.15, -0.1) is 24.8 Å². The lowest BCUT2D eigenvalue weighted by Gasteiger charge is -2.12. The van der Waals surface area contributed by atoms with E-state index in [-0.39, 0.29) is 42.9 Å². The van der Waals surface area contributed by atoms with Crippen LogP contribution in [0.15, 0.2) is 24.5 Å². The minimum absolute atomic E-state index is 0. The van der Waals surface area contributed by atoms with Crippen LogP contribution in [0, 0.1) is 0 Å². The molecule has 1 aromatic heterocycles. The van der Waals surface area contributed by atoms with Gasteiger partial charge in [0.25, 0.3) is 5.91 Å². The fourth-order valence-electron chi connectivity index (χ4n) is 1.73. The lowest BCUT2D eigenvalue weighted by Crippen LogP contribution is -2.29. The first-order chi connectivity index (χ1) is 7.79. The minimum atomic E-state index is -0.373. The van der Waals surface area contributed by atoms with Crippen molar-refractivity contribution in [1.82, 2.24) is 4.98 Å². The summed E-state index contributed by atoms with van der Waals surface area (Å²) >= 11 is 0. The van der Waals surface area contributed by atoms with Gasteiger partial charge in [0.15, 0.2) is 0 Å². The molecule has 1 aromatic rings. The van der Waals surface area contributed by atoms with Crippen LogP contribution in [-0.4, -0.2) is 29.6 Å². The SMILES string of the molecule is Cl.Cl.NC[C@H]1CC[C@@H](C(=O)Nc2ccncc2)O1. The molecule has 0 saturated carbocycles. The largest absolute Gasteiger partial charge is 0.364 e. The number of hydrogen-bond donors (Lipinski definition) is 2. The molecule has 2 heterocycles. The highest BCUT2D eigenvalue weighted by Gasteiger charge is 2.29. The van der Waals surface area contributed by atoms with E-state index in [2.05, 4.69) is 10.3 Å². The van der Waals surface area contributed by atoms with Gasteiger partial charge in [-0.2, -0.15) is 0 Å². The van der Waals surface area contributed by atoms with Crippen LogP contribution < -0.4 is 11.1 Å². The van der Waals surface area contributed by atoms with Crippen molar-refractivity contribution in [1.29, 1.82) is 0 Å². The number of amides is 1. The van der Waals surface area contributed by atoms with Crippen LogP contribution in [0.3, 0.4) is 0 Å². The molecular formula is C11H17Cl2N3O2. The van der Waals surface area contributed by atoms with Crippen molar-refractivity contribution < 1.29 is 9.53 Å².